The van der Waals surface area contributed by atoms with E-state index in [0.717, 1.165) is 27.8 Å². The average molecular weight is 1120 g/mol. The molecule has 1 aliphatic carbocycles. The average Bonchev–Trinajstić information content (AvgIpc) is 3.81. The van der Waals surface area contributed by atoms with Crippen LogP contribution in [0.25, 0.3) is 29.4 Å². The number of carbonyl (C=O) groups is 2. The second kappa shape index (κ2) is 32.0. The Labute approximate surface area is 476 Å². The van der Waals surface area contributed by atoms with Gasteiger partial charge < -0.3 is 72.4 Å². The van der Waals surface area contributed by atoms with Crippen molar-refractivity contribution in [3.05, 3.63) is 134 Å². The molecule has 6 aromatic carbocycles. The number of amides is 1. The summed E-state index contributed by atoms with van der Waals surface area (Å²) in [5, 5.41) is 22.6. The maximum absolute atomic E-state index is 12.8. The van der Waals surface area contributed by atoms with Gasteiger partial charge in [-0.3, -0.25) is 14.4 Å². The van der Waals surface area contributed by atoms with Crippen molar-refractivity contribution in [2.45, 2.75) is 55.0 Å². The number of rotatable bonds is 18. The summed E-state index contributed by atoms with van der Waals surface area (Å²) >= 11 is 0. The Bertz CT molecular complexity index is 3170. The zero-order valence-corrected chi connectivity index (χ0v) is 46.3. The van der Waals surface area contributed by atoms with Gasteiger partial charge in [-0.2, -0.15) is 0 Å². The number of allylic oxidation sites excluding steroid dienone is 1. The number of fused-ring (bicyclic) bond motifs is 3. The van der Waals surface area contributed by atoms with Crippen LogP contribution in [0, 0.1) is 0 Å². The summed E-state index contributed by atoms with van der Waals surface area (Å²) in [5.74, 6) is 5.29. The lowest BCUT2D eigenvalue weighted by atomic mass is 9.95. The molecule has 7 rings (SSSR count). The summed E-state index contributed by atoms with van der Waals surface area (Å²) in [6.45, 7) is 3.17. The number of phenols is 2. The number of ketones is 1. The second-order valence-electron chi connectivity index (χ2n) is 17.0. The van der Waals surface area contributed by atoms with E-state index in [9.17, 15) is 24.6 Å². The monoisotopic (exact) mass is 1120 g/mol. The molecule has 1 aliphatic rings. The SMILES string of the molecule is C.C.C.COc1cc2c(c(OC)c1OC)-c1ccc(OC)c(=O)cc1[C@@H](NC(C)=O)CC2.COc1ccc(/C=C(\C)C(=O)c2cc(OC)c(OC)c(OC)c2)cc1O.COc1ccc(/C=C\c2cc(OC)c(OC)c(OC)c2)cc1O. The van der Waals surface area contributed by atoms with Gasteiger partial charge in [-0.15, -0.1) is 0 Å². The second-order valence-corrected chi connectivity index (χ2v) is 17.0. The van der Waals surface area contributed by atoms with Crippen molar-refractivity contribution in [1.82, 2.24) is 5.32 Å². The fourth-order valence-electron chi connectivity index (χ4n) is 8.61. The molecular weight excluding hydrogens is 1040 g/mol. The Balaban J connectivity index is 0.000000410. The number of hydrogen-bond donors (Lipinski definition) is 3. The van der Waals surface area contributed by atoms with E-state index in [1.807, 2.05) is 42.5 Å². The Hall–Kier alpha value is -9.19. The third-order valence-electron chi connectivity index (χ3n) is 12.3. The highest BCUT2D eigenvalue weighted by Gasteiger charge is 2.30. The summed E-state index contributed by atoms with van der Waals surface area (Å²) in [5.41, 5.74) is 6.32. The minimum Gasteiger partial charge on any atom is -0.504 e. The first-order valence-electron chi connectivity index (χ1n) is 24.1. The molecule has 0 bridgehead atoms. The fraction of sp³-hybridized carbons (Fsp3) is 0.317. The predicted molar refractivity (Wildman–Crippen MR) is 318 cm³/mol. The molecule has 0 radical (unpaired) electrons. The standard InChI is InChI=1S/C22H25NO6.C20H22O6.C18H20O5.3CH4/c1-12(24)23-16-8-6-13-10-19(27-3)21(28-4)22(29-5)20(13)14-7-9-18(26-2)17(25)11-15(14)16;1-12(8-13-6-7-16(23-2)15(21)9-13)19(22)14-10-17(24-3)20(26-5)18(11-14)25-4;1-20-15-8-7-12(9-14(15)19)5-6-13-10-16(21-2)18(23-4)17(11-13)22-3;;;/h7,9-11,16H,6,8H2,1-5H3,(H,23,24);6-11,21H,1-5H3;5-11,19H,1-4H3;3*1H4/b;12-8+;6-5-;;;/t16-;;;;;/m0...../s1. The third-order valence-corrected chi connectivity index (χ3v) is 12.3. The fourth-order valence-corrected chi connectivity index (χ4v) is 8.61. The summed E-state index contributed by atoms with van der Waals surface area (Å²) in [4.78, 5) is 37.3. The Morgan fingerprint density at radius 2 is 0.914 bits per heavy atom. The van der Waals surface area contributed by atoms with Crippen LogP contribution in [0.15, 0.2) is 95.3 Å². The first-order chi connectivity index (χ1) is 37.5. The van der Waals surface area contributed by atoms with Crippen LogP contribution in [0.3, 0.4) is 0 Å². The minimum atomic E-state index is -0.332. The highest BCUT2D eigenvalue weighted by Crippen LogP contribution is 2.50. The van der Waals surface area contributed by atoms with Gasteiger partial charge in [0, 0.05) is 18.1 Å². The van der Waals surface area contributed by atoms with Gasteiger partial charge in [0.2, 0.25) is 28.6 Å². The van der Waals surface area contributed by atoms with Crippen LogP contribution >= 0.6 is 0 Å². The maximum Gasteiger partial charge on any atom is 0.220 e. The summed E-state index contributed by atoms with van der Waals surface area (Å²) in [6, 6.07) is 23.6. The first-order valence-corrected chi connectivity index (χ1v) is 24.1. The molecule has 1 atom stereocenters. The number of hydrogen-bond acceptors (Lipinski definition) is 17. The van der Waals surface area contributed by atoms with Gasteiger partial charge in [-0.05, 0) is 132 Å². The number of nitrogens with one attached hydrogen (secondary N) is 1. The van der Waals surface area contributed by atoms with E-state index < -0.39 is 0 Å². The van der Waals surface area contributed by atoms with Gasteiger partial charge >= 0.3 is 0 Å². The predicted octanol–water partition coefficient (Wildman–Crippen LogP) is 12.1. The quantitative estimate of drug-likeness (QED) is 0.0414. The van der Waals surface area contributed by atoms with E-state index in [0.29, 0.717) is 98.3 Å². The normalized spacial score (nSPS) is 11.8. The Morgan fingerprint density at radius 1 is 0.481 bits per heavy atom. The van der Waals surface area contributed by atoms with E-state index in [2.05, 4.69) is 5.32 Å². The lowest BCUT2D eigenvalue weighted by Crippen LogP contribution is -2.26. The minimum absolute atomic E-state index is 0. The molecule has 0 saturated heterocycles. The zero-order valence-electron chi connectivity index (χ0n) is 46.3. The maximum atomic E-state index is 12.8. The van der Waals surface area contributed by atoms with Crippen molar-refractivity contribution in [2.24, 2.45) is 0 Å². The van der Waals surface area contributed by atoms with Gasteiger partial charge in [-0.25, -0.2) is 0 Å². The molecule has 0 heterocycles. The van der Waals surface area contributed by atoms with Crippen molar-refractivity contribution < 1.29 is 76.6 Å². The van der Waals surface area contributed by atoms with Crippen LogP contribution in [0.2, 0.25) is 0 Å². The van der Waals surface area contributed by atoms with E-state index in [1.54, 1.807) is 98.1 Å². The van der Waals surface area contributed by atoms with E-state index in [-0.39, 0.29) is 62.7 Å². The van der Waals surface area contributed by atoms with Crippen molar-refractivity contribution in [3.8, 4) is 91.6 Å². The number of benzene rings is 5. The molecule has 6 aromatic rings. The van der Waals surface area contributed by atoms with E-state index in [4.69, 9.17) is 56.8 Å². The van der Waals surface area contributed by atoms with Crippen LogP contribution in [0.5, 0.6) is 80.5 Å². The molecule has 0 fully saturated rings. The Morgan fingerprint density at radius 3 is 1.37 bits per heavy atom. The van der Waals surface area contributed by atoms with Crippen molar-refractivity contribution in [3.63, 3.8) is 0 Å². The van der Waals surface area contributed by atoms with Crippen LogP contribution in [-0.4, -0.2) is 107 Å². The number of aromatic hydroxyl groups is 2. The van der Waals surface area contributed by atoms with Crippen LogP contribution in [0.1, 0.15) is 86.8 Å². The van der Waals surface area contributed by atoms with E-state index >= 15 is 0 Å². The van der Waals surface area contributed by atoms with Crippen molar-refractivity contribution in [2.75, 3.05) is 85.3 Å². The summed E-state index contributed by atoms with van der Waals surface area (Å²) < 4.78 is 63.8. The molecular formula is C63H79NO17. The highest BCUT2D eigenvalue weighted by molar-refractivity contribution is 6.11. The van der Waals surface area contributed by atoms with Gasteiger partial charge in [0.15, 0.2) is 69.0 Å². The van der Waals surface area contributed by atoms with Crippen LogP contribution < -0.4 is 67.6 Å². The molecule has 0 aromatic heterocycles. The van der Waals surface area contributed by atoms with Gasteiger partial charge in [0.05, 0.1) is 91.4 Å². The molecule has 81 heavy (non-hydrogen) atoms. The van der Waals surface area contributed by atoms with Crippen LogP contribution in [-0.2, 0) is 11.2 Å². The van der Waals surface area contributed by atoms with Gasteiger partial charge in [0.25, 0.3) is 0 Å². The van der Waals surface area contributed by atoms with Gasteiger partial charge in [-0.1, -0.05) is 52.6 Å². The number of methoxy groups -OCH3 is 12. The molecule has 0 unspecified atom stereocenters. The smallest absolute Gasteiger partial charge is 0.220 e. The van der Waals surface area contributed by atoms with Crippen molar-refractivity contribution in [1.29, 1.82) is 0 Å². The number of ether oxygens (including phenoxy) is 12. The zero-order chi connectivity index (χ0) is 57.2. The van der Waals surface area contributed by atoms with Crippen molar-refractivity contribution >= 4 is 29.9 Å². The molecule has 438 valence electrons. The number of aryl methyl sites for hydroxylation is 1. The lowest BCUT2D eigenvalue weighted by Gasteiger charge is -2.19. The molecule has 0 saturated carbocycles. The third kappa shape index (κ3) is 16.2. The largest absolute Gasteiger partial charge is 0.504 e. The molecule has 1 amide bonds. The molecule has 0 spiro atoms. The molecule has 18 heteroatoms. The molecule has 0 aliphatic heterocycles. The first kappa shape index (κ1) is 67.9. The van der Waals surface area contributed by atoms with E-state index in [1.165, 1.54) is 61.7 Å². The Kier molecular flexibility index (Phi) is 26.9. The van der Waals surface area contributed by atoms with Gasteiger partial charge in [0.1, 0.15) is 0 Å². The summed E-state index contributed by atoms with van der Waals surface area (Å²) in [6.07, 6.45) is 6.72. The molecule has 18 nitrogen and oxygen atoms in total. The lowest BCUT2D eigenvalue weighted by molar-refractivity contribution is -0.119. The topological polar surface area (TPSA) is 214 Å². The van der Waals surface area contributed by atoms with Crippen LogP contribution in [0.4, 0.5) is 0 Å². The highest BCUT2D eigenvalue weighted by atomic mass is 16.5. The molecule has 3 N–H and O–H groups in total. The number of carbonyl (C=O) groups excluding carboxylic acids is 2. The number of phenolic OH excluding ortho intramolecular Hbond substituents is 2. The summed E-state index contributed by atoms with van der Waals surface area (Å²) in [7, 11) is 18.3. The number of Topliss-reactive ketones (excluding diaryl/α,β-unsaturated/α-hetero) is 1.